The maximum atomic E-state index is 10.0. The lowest BCUT2D eigenvalue weighted by molar-refractivity contribution is 0.00706. The highest BCUT2D eigenvalue weighted by atomic mass is 35.5. The van der Waals surface area contributed by atoms with Crippen LogP contribution in [0.5, 0.6) is 11.8 Å². The predicted octanol–water partition coefficient (Wildman–Crippen LogP) is 2.08. The Morgan fingerprint density at radius 2 is 1.95 bits per heavy atom. The summed E-state index contributed by atoms with van der Waals surface area (Å²) in [7, 11) is 0. The Morgan fingerprint density at radius 3 is 2.71 bits per heavy atom. The largest absolute Gasteiger partial charge is 0.492 e. The standard InChI is InChI=1S/C25H27ClN6O6/c1-25(2,34)19-10-32(31-30-19)7-8-35-14-5-3-13(4-6-14)20-15(26)9-16-23(28-20)29-24(27-16)38-18-12-37-21-17(33)11-36-22(18)21/h3-6,9-10,17-18,21-22,33-34H,7-8,11-12H2,1-2H3,(H,27,28,29)/t17-,18-,21-,22-/m1/s1. The Balaban J connectivity index is 1.10. The van der Waals surface area contributed by atoms with E-state index in [0.29, 0.717) is 53.1 Å². The molecule has 4 atom stereocenters. The topological polar surface area (TPSA) is 150 Å². The van der Waals surface area contributed by atoms with E-state index in [-0.39, 0.29) is 30.9 Å². The van der Waals surface area contributed by atoms with Gasteiger partial charge in [0.25, 0.3) is 6.01 Å². The van der Waals surface area contributed by atoms with Crippen LogP contribution in [-0.2, 0) is 21.6 Å². The third-order valence-corrected chi connectivity index (χ3v) is 6.82. The summed E-state index contributed by atoms with van der Waals surface area (Å²) in [4.78, 5) is 12.2. The molecule has 0 radical (unpaired) electrons. The summed E-state index contributed by atoms with van der Waals surface area (Å²) in [5.74, 6) is 0.681. The molecule has 0 bridgehead atoms. The zero-order valence-corrected chi connectivity index (χ0v) is 21.5. The van der Waals surface area contributed by atoms with Crippen molar-refractivity contribution in [2.75, 3.05) is 19.8 Å². The van der Waals surface area contributed by atoms with E-state index in [1.807, 2.05) is 24.3 Å². The van der Waals surface area contributed by atoms with Crippen LogP contribution in [0.4, 0.5) is 0 Å². The number of aliphatic hydroxyl groups is 2. The fourth-order valence-electron chi connectivity index (χ4n) is 4.50. The number of rotatable bonds is 8. The van der Waals surface area contributed by atoms with Gasteiger partial charge in [-0.05, 0) is 44.2 Å². The third kappa shape index (κ3) is 4.93. The van der Waals surface area contributed by atoms with E-state index in [1.165, 1.54) is 0 Å². The van der Waals surface area contributed by atoms with Gasteiger partial charge in [-0.1, -0.05) is 16.8 Å². The van der Waals surface area contributed by atoms with Gasteiger partial charge in [0.1, 0.15) is 42.0 Å². The average molecular weight is 543 g/mol. The highest BCUT2D eigenvalue weighted by molar-refractivity contribution is 6.33. The molecule has 3 N–H and O–H groups in total. The SMILES string of the molecule is CC(C)(O)c1cn(CCOc2ccc(-c3nc4nc(O[C@@H]5CO[C@H]6[C@@H]5OC[C@H]6O)[nH]c4cc3Cl)cc2)nn1. The minimum Gasteiger partial charge on any atom is -0.492 e. The molecule has 13 heteroatoms. The van der Waals surface area contributed by atoms with E-state index in [1.54, 1.807) is 30.8 Å². The molecule has 0 aliphatic carbocycles. The van der Waals surface area contributed by atoms with Crippen molar-refractivity contribution in [1.82, 2.24) is 29.9 Å². The van der Waals surface area contributed by atoms with Gasteiger partial charge in [-0.15, -0.1) is 5.10 Å². The second-order valence-corrected chi connectivity index (χ2v) is 10.3. The smallest absolute Gasteiger partial charge is 0.296 e. The lowest BCUT2D eigenvalue weighted by Crippen LogP contribution is -2.34. The lowest BCUT2D eigenvalue weighted by Gasteiger charge is -2.15. The zero-order chi connectivity index (χ0) is 26.4. The van der Waals surface area contributed by atoms with Crippen molar-refractivity contribution in [3.8, 4) is 23.0 Å². The van der Waals surface area contributed by atoms with Crippen LogP contribution >= 0.6 is 11.6 Å². The minimum atomic E-state index is -1.04. The first-order valence-electron chi connectivity index (χ1n) is 12.2. The van der Waals surface area contributed by atoms with Crippen LogP contribution < -0.4 is 9.47 Å². The van der Waals surface area contributed by atoms with Crippen LogP contribution in [0.2, 0.25) is 5.02 Å². The fraction of sp³-hybridized carbons (Fsp3) is 0.440. The van der Waals surface area contributed by atoms with Gasteiger partial charge in [0.15, 0.2) is 11.8 Å². The highest BCUT2D eigenvalue weighted by Crippen LogP contribution is 2.32. The van der Waals surface area contributed by atoms with Gasteiger partial charge in [-0.2, -0.15) is 4.98 Å². The van der Waals surface area contributed by atoms with E-state index in [4.69, 9.17) is 30.5 Å². The number of halogens is 1. The van der Waals surface area contributed by atoms with Crippen molar-refractivity contribution in [2.45, 2.75) is 50.4 Å². The fourth-order valence-corrected chi connectivity index (χ4v) is 4.76. The molecule has 2 aliphatic heterocycles. The molecular weight excluding hydrogens is 516 g/mol. The molecule has 2 fully saturated rings. The van der Waals surface area contributed by atoms with Gasteiger partial charge in [-0.3, -0.25) is 0 Å². The lowest BCUT2D eigenvalue weighted by atomic mass is 10.1. The van der Waals surface area contributed by atoms with Crippen LogP contribution in [0, 0.1) is 0 Å². The van der Waals surface area contributed by atoms with E-state index >= 15 is 0 Å². The average Bonchev–Trinajstić information content (AvgIpc) is 3.66. The third-order valence-electron chi connectivity index (χ3n) is 6.53. The van der Waals surface area contributed by atoms with Crippen molar-refractivity contribution < 1.29 is 29.2 Å². The Labute approximate surface area is 222 Å². The zero-order valence-electron chi connectivity index (χ0n) is 20.7. The number of nitrogens with zero attached hydrogens (tertiary/aromatic N) is 5. The summed E-state index contributed by atoms with van der Waals surface area (Å²) in [6.45, 7) is 4.72. The number of pyridine rings is 1. The molecule has 0 amide bonds. The molecule has 3 aromatic heterocycles. The molecule has 2 aliphatic rings. The van der Waals surface area contributed by atoms with E-state index in [2.05, 4.69) is 25.3 Å². The van der Waals surface area contributed by atoms with Crippen molar-refractivity contribution in [2.24, 2.45) is 0 Å². The molecule has 0 saturated carbocycles. The summed E-state index contributed by atoms with van der Waals surface area (Å²) in [5, 5.41) is 28.4. The van der Waals surface area contributed by atoms with Crippen molar-refractivity contribution in [1.29, 1.82) is 0 Å². The van der Waals surface area contributed by atoms with Crippen LogP contribution in [0.25, 0.3) is 22.4 Å². The molecule has 38 heavy (non-hydrogen) atoms. The Hall–Kier alpha value is -3.29. The van der Waals surface area contributed by atoms with Gasteiger partial charge < -0.3 is 34.1 Å². The first-order valence-corrected chi connectivity index (χ1v) is 12.6. The van der Waals surface area contributed by atoms with Crippen molar-refractivity contribution in [3.63, 3.8) is 0 Å². The number of ether oxygens (including phenoxy) is 4. The number of hydrogen-bond acceptors (Lipinski definition) is 10. The van der Waals surface area contributed by atoms with Gasteiger partial charge in [0.05, 0.1) is 42.2 Å². The first kappa shape index (κ1) is 25.0. The maximum absolute atomic E-state index is 10.0. The number of nitrogens with one attached hydrogen (secondary N) is 1. The summed E-state index contributed by atoms with van der Waals surface area (Å²) in [5.41, 5.74) is 1.94. The Bertz CT molecular complexity index is 1430. The summed E-state index contributed by atoms with van der Waals surface area (Å²) in [6, 6.07) is 9.47. The van der Waals surface area contributed by atoms with Gasteiger partial charge in [0.2, 0.25) is 0 Å². The number of imidazole rings is 1. The van der Waals surface area contributed by atoms with Crippen molar-refractivity contribution >= 4 is 22.8 Å². The molecule has 0 unspecified atom stereocenters. The number of aromatic nitrogens is 6. The summed E-state index contributed by atoms with van der Waals surface area (Å²) < 4.78 is 24.6. The number of hydrogen-bond donors (Lipinski definition) is 3. The van der Waals surface area contributed by atoms with Gasteiger partial charge in [-0.25, -0.2) is 9.67 Å². The second kappa shape index (κ2) is 9.79. The van der Waals surface area contributed by atoms with Crippen LogP contribution in [-0.4, -0.2) is 84.4 Å². The first-order chi connectivity index (χ1) is 18.2. The monoisotopic (exact) mass is 542 g/mol. The Kier molecular flexibility index (Phi) is 6.44. The normalized spacial score (nSPS) is 23.2. The van der Waals surface area contributed by atoms with Gasteiger partial charge >= 0.3 is 0 Å². The maximum Gasteiger partial charge on any atom is 0.296 e. The summed E-state index contributed by atoms with van der Waals surface area (Å²) in [6.07, 6.45) is -0.0525. The second-order valence-electron chi connectivity index (χ2n) is 9.85. The van der Waals surface area contributed by atoms with Crippen LogP contribution in [0.15, 0.2) is 36.5 Å². The van der Waals surface area contributed by atoms with Gasteiger partial charge in [0, 0.05) is 5.56 Å². The minimum absolute atomic E-state index is 0.228. The molecule has 4 aromatic rings. The van der Waals surface area contributed by atoms with Crippen molar-refractivity contribution in [3.05, 3.63) is 47.2 Å². The number of aliphatic hydroxyl groups excluding tert-OH is 1. The van der Waals surface area contributed by atoms with E-state index in [0.717, 1.165) is 5.56 Å². The summed E-state index contributed by atoms with van der Waals surface area (Å²) >= 11 is 6.55. The molecular formula is C25H27ClN6O6. The molecule has 12 nitrogen and oxygen atoms in total. The van der Waals surface area contributed by atoms with Crippen LogP contribution in [0.3, 0.4) is 0 Å². The Morgan fingerprint density at radius 1 is 1.16 bits per heavy atom. The number of aromatic amines is 1. The molecule has 2 saturated heterocycles. The van der Waals surface area contributed by atoms with E-state index < -0.39 is 11.7 Å². The molecule has 200 valence electrons. The van der Waals surface area contributed by atoms with E-state index in [9.17, 15) is 10.2 Å². The molecule has 1 aromatic carbocycles. The molecule has 6 rings (SSSR count). The molecule has 5 heterocycles. The predicted molar refractivity (Wildman–Crippen MR) is 135 cm³/mol. The van der Waals surface area contributed by atoms with Crippen LogP contribution in [0.1, 0.15) is 19.5 Å². The number of benzene rings is 1. The highest BCUT2D eigenvalue weighted by Gasteiger charge is 2.48. The quantitative estimate of drug-likeness (QED) is 0.302. The number of H-pyrrole nitrogens is 1. The number of fused-ring (bicyclic) bond motifs is 2. The molecule has 0 spiro atoms.